The summed E-state index contributed by atoms with van der Waals surface area (Å²) >= 11 is 0. The summed E-state index contributed by atoms with van der Waals surface area (Å²) < 4.78 is 57.5. The van der Waals surface area contributed by atoms with Gasteiger partial charge in [-0.15, -0.1) is 0 Å². The van der Waals surface area contributed by atoms with Crippen LogP contribution in [0.25, 0.3) is 0 Å². The summed E-state index contributed by atoms with van der Waals surface area (Å²) in [4.78, 5) is 10.8. The molecule has 0 saturated heterocycles. The molecule has 3 unspecified atom stereocenters. The van der Waals surface area contributed by atoms with Crippen LogP contribution < -0.4 is 4.74 Å². The molecule has 0 aliphatic rings. The van der Waals surface area contributed by atoms with Crippen molar-refractivity contribution in [2.24, 2.45) is 5.92 Å². The number of alkyl halides is 3. The number of ether oxygens (including phenoxy) is 1. The maximum absolute atomic E-state index is 14.1. The number of hydrogen-bond acceptors (Lipinski definition) is 3. The van der Waals surface area contributed by atoms with Gasteiger partial charge in [-0.1, -0.05) is 26.0 Å². The van der Waals surface area contributed by atoms with Crippen LogP contribution >= 0.6 is 0 Å². The first-order chi connectivity index (χ1) is 9.60. The molecule has 1 aromatic rings. The Balaban J connectivity index is 3.25. The Kier molecular flexibility index (Phi) is 4.99. The van der Waals surface area contributed by atoms with Crippen molar-refractivity contribution in [1.82, 2.24) is 0 Å². The van der Waals surface area contributed by atoms with E-state index in [1.54, 1.807) is 0 Å². The highest BCUT2D eigenvalue weighted by molar-refractivity contribution is 5.64. The van der Waals surface area contributed by atoms with E-state index in [1.165, 1.54) is 32.2 Å². The molecule has 1 aromatic carbocycles. The van der Waals surface area contributed by atoms with Gasteiger partial charge >= 0.3 is 6.18 Å². The van der Waals surface area contributed by atoms with E-state index < -0.39 is 35.7 Å². The number of aldehydes is 1. The van der Waals surface area contributed by atoms with Crippen molar-refractivity contribution in [1.29, 1.82) is 0 Å². The summed E-state index contributed by atoms with van der Waals surface area (Å²) in [5.74, 6) is -3.56. The molecule has 0 radical (unpaired) electrons. The Morgan fingerprint density at radius 3 is 2.29 bits per heavy atom. The van der Waals surface area contributed by atoms with Gasteiger partial charge in [0.2, 0.25) is 5.60 Å². The third-order valence-electron chi connectivity index (χ3n) is 3.78. The van der Waals surface area contributed by atoms with Gasteiger partial charge < -0.3 is 9.84 Å². The Hall–Kier alpha value is -1.63. The molecule has 21 heavy (non-hydrogen) atoms. The van der Waals surface area contributed by atoms with Crippen LogP contribution in [-0.4, -0.2) is 30.3 Å². The zero-order chi connectivity index (χ0) is 16.4. The second-order valence-corrected chi connectivity index (χ2v) is 4.88. The monoisotopic (exact) mass is 308 g/mol. The molecular weight excluding hydrogens is 292 g/mol. The maximum Gasteiger partial charge on any atom is 0.424 e. The van der Waals surface area contributed by atoms with Crippen molar-refractivity contribution in [2.75, 3.05) is 7.11 Å². The van der Waals surface area contributed by atoms with Crippen molar-refractivity contribution >= 4 is 6.29 Å². The third kappa shape index (κ3) is 3.02. The first-order valence-corrected chi connectivity index (χ1v) is 6.18. The molecule has 0 heterocycles. The molecule has 0 aromatic heterocycles. The second kappa shape index (κ2) is 6.01. The number of aliphatic hydroxyl groups is 1. The number of methoxy groups -OCH3 is 1. The highest BCUT2D eigenvalue weighted by Crippen LogP contribution is 2.42. The standard InChI is InChI=1S/C14H16F4O3/c1-8(9(2)13(20,7-19)14(16,17)18)10-5-4-6-11(21-3)12(10)15/h4-9,20H,1-3H3. The van der Waals surface area contributed by atoms with E-state index in [0.717, 1.165) is 6.92 Å². The Morgan fingerprint density at radius 2 is 1.86 bits per heavy atom. The first kappa shape index (κ1) is 17.4. The maximum atomic E-state index is 14.1. The van der Waals surface area contributed by atoms with Gasteiger partial charge in [0.05, 0.1) is 7.11 Å². The number of carbonyl (C=O) groups excluding carboxylic acids is 1. The molecule has 3 atom stereocenters. The smallest absolute Gasteiger partial charge is 0.424 e. The normalized spacial score (nSPS) is 17.7. The van der Waals surface area contributed by atoms with Crippen molar-refractivity contribution in [2.45, 2.75) is 31.5 Å². The minimum absolute atomic E-state index is 0.0635. The lowest BCUT2D eigenvalue weighted by molar-refractivity contribution is -0.261. The van der Waals surface area contributed by atoms with E-state index >= 15 is 0 Å². The Morgan fingerprint density at radius 1 is 1.29 bits per heavy atom. The molecule has 7 heteroatoms. The van der Waals surface area contributed by atoms with E-state index in [-0.39, 0.29) is 11.3 Å². The average Bonchev–Trinajstić information content (AvgIpc) is 2.43. The second-order valence-electron chi connectivity index (χ2n) is 4.88. The summed E-state index contributed by atoms with van der Waals surface area (Å²) in [6.07, 6.45) is -5.69. The molecule has 1 N–H and O–H groups in total. The van der Waals surface area contributed by atoms with E-state index in [2.05, 4.69) is 0 Å². The van der Waals surface area contributed by atoms with Crippen LogP contribution in [0, 0.1) is 11.7 Å². The third-order valence-corrected chi connectivity index (χ3v) is 3.78. The summed E-state index contributed by atoms with van der Waals surface area (Å²) in [5, 5.41) is 9.63. The predicted octanol–water partition coefficient (Wildman–Crippen LogP) is 3.07. The minimum atomic E-state index is -5.14. The molecule has 0 amide bonds. The van der Waals surface area contributed by atoms with Crippen molar-refractivity contribution in [3.63, 3.8) is 0 Å². The highest BCUT2D eigenvalue weighted by atomic mass is 19.4. The van der Waals surface area contributed by atoms with E-state index in [4.69, 9.17) is 4.74 Å². The van der Waals surface area contributed by atoms with Gasteiger partial charge in [-0.3, -0.25) is 4.79 Å². The Labute approximate surface area is 119 Å². The van der Waals surface area contributed by atoms with Crippen LogP contribution in [0.5, 0.6) is 5.75 Å². The van der Waals surface area contributed by atoms with Crippen molar-refractivity contribution < 1.29 is 32.2 Å². The van der Waals surface area contributed by atoms with Gasteiger partial charge in [0, 0.05) is 5.92 Å². The molecule has 0 aliphatic carbocycles. The SMILES string of the molecule is COc1cccc(C(C)C(C)C(O)(C=O)C(F)(F)F)c1F. The molecule has 0 spiro atoms. The van der Waals surface area contributed by atoms with Gasteiger partial charge in [0.1, 0.15) is 0 Å². The minimum Gasteiger partial charge on any atom is -0.494 e. The van der Waals surface area contributed by atoms with Crippen LogP contribution in [0.4, 0.5) is 17.6 Å². The van der Waals surface area contributed by atoms with E-state index in [0.29, 0.717) is 0 Å². The van der Waals surface area contributed by atoms with Crippen LogP contribution in [0.3, 0.4) is 0 Å². The summed E-state index contributed by atoms with van der Waals surface area (Å²) in [6, 6.07) is 4.04. The molecule has 3 nitrogen and oxygen atoms in total. The summed E-state index contributed by atoms with van der Waals surface area (Å²) in [5.41, 5.74) is -3.60. The first-order valence-electron chi connectivity index (χ1n) is 6.18. The quantitative estimate of drug-likeness (QED) is 0.672. The largest absolute Gasteiger partial charge is 0.494 e. The van der Waals surface area contributed by atoms with Crippen molar-refractivity contribution in [3.05, 3.63) is 29.6 Å². The van der Waals surface area contributed by atoms with Gasteiger partial charge in [0.15, 0.2) is 17.9 Å². The van der Waals surface area contributed by atoms with E-state index in [9.17, 15) is 27.5 Å². The predicted molar refractivity (Wildman–Crippen MR) is 67.6 cm³/mol. The average molecular weight is 308 g/mol. The molecule has 1 rings (SSSR count). The van der Waals surface area contributed by atoms with Crippen molar-refractivity contribution in [3.8, 4) is 5.75 Å². The number of carbonyl (C=O) groups is 1. The number of rotatable bonds is 5. The van der Waals surface area contributed by atoms with Crippen LogP contribution in [0.15, 0.2) is 18.2 Å². The summed E-state index contributed by atoms with van der Waals surface area (Å²) in [7, 11) is 1.23. The van der Waals surface area contributed by atoms with Crippen LogP contribution in [0.1, 0.15) is 25.3 Å². The lowest BCUT2D eigenvalue weighted by Crippen LogP contribution is -2.53. The molecular formula is C14H16F4O3. The Bertz CT molecular complexity index is 515. The molecule has 0 aliphatic heterocycles. The number of hydrogen-bond donors (Lipinski definition) is 1. The fourth-order valence-electron chi connectivity index (χ4n) is 2.12. The lowest BCUT2D eigenvalue weighted by Gasteiger charge is -2.34. The zero-order valence-corrected chi connectivity index (χ0v) is 11.7. The number of halogens is 4. The summed E-state index contributed by atoms with van der Waals surface area (Å²) in [6.45, 7) is 2.36. The highest BCUT2D eigenvalue weighted by Gasteiger charge is 2.58. The lowest BCUT2D eigenvalue weighted by atomic mass is 9.77. The van der Waals surface area contributed by atoms with Gasteiger partial charge in [0.25, 0.3) is 0 Å². The molecule has 0 bridgehead atoms. The fourth-order valence-corrected chi connectivity index (χ4v) is 2.12. The topological polar surface area (TPSA) is 46.5 Å². The van der Waals surface area contributed by atoms with Gasteiger partial charge in [-0.25, -0.2) is 4.39 Å². The van der Waals surface area contributed by atoms with Gasteiger partial charge in [-0.05, 0) is 17.5 Å². The van der Waals surface area contributed by atoms with E-state index in [1.807, 2.05) is 0 Å². The molecule has 0 fully saturated rings. The molecule has 118 valence electrons. The molecule has 0 saturated carbocycles. The van der Waals surface area contributed by atoms with Gasteiger partial charge in [-0.2, -0.15) is 13.2 Å². The zero-order valence-electron chi connectivity index (χ0n) is 11.7. The van der Waals surface area contributed by atoms with Crippen LogP contribution in [-0.2, 0) is 4.79 Å². The van der Waals surface area contributed by atoms with Crippen LogP contribution in [0.2, 0.25) is 0 Å². The number of benzene rings is 1. The fraction of sp³-hybridized carbons (Fsp3) is 0.500.